The van der Waals surface area contributed by atoms with Gasteiger partial charge in [-0.2, -0.15) is 0 Å². The Morgan fingerprint density at radius 2 is 1.90 bits per heavy atom. The van der Waals surface area contributed by atoms with Crippen molar-refractivity contribution >= 4 is 11.6 Å². The molecule has 0 spiro atoms. The van der Waals surface area contributed by atoms with Gasteiger partial charge in [-0.25, -0.2) is 8.78 Å². The molecule has 0 saturated heterocycles. The van der Waals surface area contributed by atoms with E-state index in [2.05, 4.69) is 5.32 Å². The average molecular weight is 312 g/mol. The fourth-order valence-electron chi connectivity index (χ4n) is 1.88. The Hall–Kier alpha value is -1.65. The summed E-state index contributed by atoms with van der Waals surface area (Å²) in [6, 6.07) is 8.94. The lowest BCUT2D eigenvalue weighted by molar-refractivity contribution is 0.284. The molecule has 2 aromatic rings. The standard InChI is InChI=1S/C16H16ClF2NO/c1-10(20-2)11-3-6-16(15(19)8-11)21-9-12-7-13(17)4-5-14(12)18/h3-8,10,20H,9H2,1-2H3. The molecule has 1 atom stereocenters. The largest absolute Gasteiger partial charge is 0.486 e. The van der Waals surface area contributed by atoms with Gasteiger partial charge in [0, 0.05) is 16.6 Å². The molecule has 0 fully saturated rings. The van der Waals surface area contributed by atoms with Crippen LogP contribution >= 0.6 is 11.6 Å². The number of halogens is 3. The van der Waals surface area contributed by atoms with E-state index < -0.39 is 11.6 Å². The van der Waals surface area contributed by atoms with E-state index in [-0.39, 0.29) is 24.0 Å². The van der Waals surface area contributed by atoms with E-state index in [0.29, 0.717) is 5.02 Å². The third-order valence-corrected chi connectivity index (χ3v) is 3.51. The van der Waals surface area contributed by atoms with Crippen molar-refractivity contribution in [2.24, 2.45) is 0 Å². The normalized spacial score (nSPS) is 12.2. The molecule has 1 unspecified atom stereocenters. The predicted molar refractivity (Wildman–Crippen MR) is 79.6 cm³/mol. The zero-order chi connectivity index (χ0) is 15.4. The number of ether oxygens (including phenoxy) is 1. The topological polar surface area (TPSA) is 21.3 Å². The van der Waals surface area contributed by atoms with Crippen molar-refractivity contribution in [3.63, 3.8) is 0 Å². The van der Waals surface area contributed by atoms with Crippen molar-refractivity contribution in [3.8, 4) is 5.75 Å². The molecule has 5 heteroatoms. The van der Waals surface area contributed by atoms with Crippen molar-refractivity contribution in [1.82, 2.24) is 5.32 Å². The summed E-state index contributed by atoms with van der Waals surface area (Å²) in [5, 5.41) is 3.44. The Morgan fingerprint density at radius 3 is 2.57 bits per heavy atom. The summed E-state index contributed by atoms with van der Waals surface area (Å²) in [5.74, 6) is -0.821. The monoisotopic (exact) mass is 311 g/mol. The van der Waals surface area contributed by atoms with Gasteiger partial charge < -0.3 is 10.1 Å². The maximum Gasteiger partial charge on any atom is 0.165 e. The van der Waals surface area contributed by atoms with Gasteiger partial charge >= 0.3 is 0 Å². The van der Waals surface area contributed by atoms with Crippen LogP contribution in [0.3, 0.4) is 0 Å². The Labute approximate surface area is 127 Å². The van der Waals surface area contributed by atoms with Crippen molar-refractivity contribution < 1.29 is 13.5 Å². The van der Waals surface area contributed by atoms with Crippen LogP contribution in [0, 0.1) is 11.6 Å². The molecular formula is C16H16ClF2NO. The molecule has 1 N–H and O–H groups in total. The average Bonchev–Trinajstić information content (AvgIpc) is 2.48. The minimum Gasteiger partial charge on any atom is -0.486 e. The minimum atomic E-state index is -0.475. The first kappa shape index (κ1) is 15.7. The number of benzene rings is 2. The summed E-state index contributed by atoms with van der Waals surface area (Å²) in [7, 11) is 1.80. The molecule has 0 bridgehead atoms. The van der Waals surface area contributed by atoms with Crippen LogP contribution in [0.4, 0.5) is 8.78 Å². The molecule has 0 radical (unpaired) electrons. The maximum absolute atomic E-state index is 14.0. The summed E-state index contributed by atoms with van der Waals surface area (Å²) >= 11 is 5.80. The molecule has 112 valence electrons. The lowest BCUT2D eigenvalue weighted by Crippen LogP contribution is -2.12. The van der Waals surface area contributed by atoms with Gasteiger partial charge in [-0.3, -0.25) is 0 Å². The van der Waals surface area contributed by atoms with Crippen LogP contribution < -0.4 is 10.1 Å². The second-order valence-corrected chi connectivity index (χ2v) is 5.16. The van der Waals surface area contributed by atoms with Crippen LogP contribution in [0.5, 0.6) is 5.75 Å². The first-order chi connectivity index (χ1) is 10.0. The first-order valence-corrected chi connectivity index (χ1v) is 6.92. The van der Waals surface area contributed by atoms with Gasteiger partial charge in [0.15, 0.2) is 11.6 Å². The molecule has 0 aliphatic rings. The molecule has 21 heavy (non-hydrogen) atoms. The zero-order valence-electron chi connectivity index (χ0n) is 11.8. The fraction of sp³-hybridized carbons (Fsp3) is 0.250. The van der Waals surface area contributed by atoms with Gasteiger partial charge in [0.05, 0.1) is 0 Å². The van der Waals surface area contributed by atoms with Gasteiger partial charge in [-0.15, -0.1) is 0 Å². The van der Waals surface area contributed by atoms with Gasteiger partial charge in [-0.05, 0) is 49.9 Å². The van der Waals surface area contributed by atoms with E-state index in [1.807, 2.05) is 6.92 Å². The molecule has 0 aliphatic heterocycles. The molecule has 2 rings (SSSR count). The van der Waals surface area contributed by atoms with Gasteiger partial charge in [-0.1, -0.05) is 17.7 Å². The van der Waals surface area contributed by atoms with E-state index >= 15 is 0 Å². The van der Waals surface area contributed by atoms with Crippen LogP contribution in [-0.2, 0) is 6.61 Å². The summed E-state index contributed by atoms with van der Waals surface area (Å²) < 4.78 is 32.8. The Morgan fingerprint density at radius 1 is 1.14 bits per heavy atom. The molecular weight excluding hydrogens is 296 g/mol. The molecule has 0 heterocycles. The Kier molecular flexibility index (Phi) is 5.15. The van der Waals surface area contributed by atoms with E-state index in [1.54, 1.807) is 19.2 Å². The van der Waals surface area contributed by atoms with Crippen molar-refractivity contribution in [2.45, 2.75) is 19.6 Å². The summed E-state index contributed by atoms with van der Waals surface area (Å²) in [6.07, 6.45) is 0. The Balaban J connectivity index is 2.11. The number of hydrogen-bond donors (Lipinski definition) is 1. The van der Waals surface area contributed by atoms with E-state index in [9.17, 15) is 8.78 Å². The fourth-order valence-corrected chi connectivity index (χ4v) is 2.07. The number of rotatable bonds is 5. The van der Waals surface area contributed by atoms with Crippen molar-refractivity contribution in [3.05, 3.63) is 64.2 Å². The van der Waals surface area contributed by atoms with Crippen LogP contribution in [0.2, 0.25) is 5.02 Å². The first-order valence-electron chi connectivity index (χ1n) is 6.54. The maximum atomic E-state index is 14.0. The van der Waals surface area contributed by atoms with E-state index in [4.69, 9.17) is 16.3 Å². The lowest BCUT2D eigenvalue weighted by Gasteiger charge is -2.13. The summed E-state index contributed by atoms with van der Waals surface area (Å²) in [6.45, 7) is 1.85. The zero-order valence-corrected chi connectivity index (χ0v) is 12.5. The molecule has 2 aromatic carbocycles. The summed E-state index contributed by atoms with van der Waals surface area (Å²) in [4.78, 5) is 0. The van der Waals surface area contributed by atoms with Gasteiger partial charge in [0.2, 0.25) is 0 Å². The molecule has 0 saturated carbocycles. The second-order valence-electron chi connectivity index (χ2n) is 4.72. The molecule has 0 amide bonds. The molecule has 0 aliphatic carbocycles. The van der Waals surface area contributed by atoms with Gasteiger partial charge in [0.25, 0.3) is 0 Å². The molecule has 2 nitrogen and oxygen atoms in total. The molecule has 0 aromatic heterocycles. The third kappa shape index (κ3) is 3.93. The highest BCUT2D eigenvalue weighted by atomic mass is 35.5. The van der Waals surface area contributed by atoms with Crippen LogP contribution in [0.15, 0.2) is 36.4 Å². The lowest BCUT2D eigenvalue weighted by atomic mass is 10.1. The summed E-state index contributed by atoms with van der Waals surface area (Å²) in [5.41, 5.74) is 1.10. The predicted octanol–water partition coefficient (Wildman–Crippen LogP) is 4.48. The van der Waals surface area contributed by atoms with Crippen LogP contribution in [0.25, 0.3) is 0 Å². The van der Waals surface area contributed by atoms with Crippen LogP contribution in [-0.4, -0.2) is 7.05 Å². The third-order valence-electron chi connectivity index (χ3n) is 3.28. The highest BCUT2D eigenvalue weighted by molar-refractivity contribution is 6.30. The highest BCUT2D eigenvalue weighted by Gasteiger charge is 2.10. The van der Waals surface area contributed by atoms with Gasteiger partial charge in [0.1, 0.15) is 12.4 Å². The van der Waals surface area contributed by atoms with Crippen molar-refractivity contribution in [2.75, 3.05) is 7.05 Å². The minimum absolute atomic E-state index is 0.0407. The SMILES string of the molecule is CNC(C)c1ccc(OCc2cc(Cl)ccc2F)c(F)c1. The second kappa shape index (κ2) is 6.87. The Bertz CT molecular complexity index is 634. The highest BCUT2D eigenvalue weighted by Crippen LogP contribution is 2.24. The van der Waals surface area contributed by atoms with E-state index in [1.165, 1.54) is 24.3 Å². The van der Waals surface area contributed by atoms with E-state index in [0.717, 1.165) is 5.56 Å². The smallest absolute Gasteiger partial charge is 0.165 e. The number of hydrogen-bond acceptors (Lipinski definition) is 2. The van der Waals surface area contributed by atoms with Crippen LogP contribution in [0.1, 0.15) is 24.1 Å². The van der Waals surface area contributed by atoms with Crippen molar-refractivity contribution in [1.29, 1.82) is 0 Å². The number of nitrogens with one attached hydrogen (secondary N) is 1. The quantitative estimate of drug-likeness (QED) is 0.879.